The summed E-state index contributed by atoms with van der Waals surface area (Å²) in [6.07, 6.45) is 7.54. The number of benzene rings is 6. The van der Waals surface area contributed by atoms with Crippen molar-refractivity contribution in [3.05, 3.63) is 134 Å². The molecule has 2 heterocycles. The zero-order valence-corrected chi connectivity index (χ0v) is 20.6. The van der Waals surface area contributed by atoms with Crippen LogP contribution in [0.4, 0.5) is 0 Å². The molecule has 6 aromatic carbocycles. The lowest BCUT2D eigenvalue weighted by atomic mass is 9.85. The predicted octanol–water partition coefficient (Wildman–Crippen LogP) is 9.58. The second kappa shape index (κ2) is 8.22. The minimum atomic E-state index is 1.12. The van der Waals surface area contributed by atoms with Crippen LogP contribution < -0.4 is 0 Å². The van der Waals surface area contributed by atoms with Crippen molar-refractivity contribution in [1.82, 2.24) is 9.97 Å². The highest BCUT2D eigenvalue weighted by atomic mass is 14.6. The minimum absolute atomic E-state index is 1.12. The Morgan fingerprint density at radius 1 is 0.316 bits per heavy atom. The molecule has 176 valence electrons. The number of fused-ring (bicyclic) bond motifs is 11. The molecule has 0 spiro atoms. The number of rotatable bonds is 2. The number of hydrogen-bond acceptors (Lipinski definition) is 2. The van der Waals surface area contributed by atoms with E-state index in [1.807, 2.05) is 36.9 Å². The van der Waals surface area contributed by atoms with Gasteiger partial charge in [-0.05, 0) is 89.3 Å². The fourth-order valence-corrected chi connectivity index (χ4v) is 6.10. The van der Waals surface area contributed by atoms with Crippen molar-refractivity contribution in [3.8, 4) is 22.3 Å². The Kier molecular flexibility index (Phi) is 4.55. The van der Waals surface area contributed by atoms with Crippen LogP contribution in [0.1, 0.15) is 0 Å². The summed E-state index contributed by atoms with van der Waals surface area (Å²) in [6, 6.07) is 39.6. The van der Waals surface area contributed by atoms with E-state index in [9.17, 15) is 0 Å². The van der Waals surface area contributed by atoms with Gasteiger partial charge < -0.3 is 0 Å². The topological polar surface area (TPSA) is 25.8 Å². The van der Waals surface area contributed by atoms with Gasteiger partial charge >= 0.3 is 0 Å². The Hall–Kier alpha value is -5.08. The van der Waals surface area contributed by atoms with Gasteiger partial charge in [0.1, 0.15) is 0 Å². The standard InChI is InChI=1S/C36H22N2/c1-3-11-31-27(9-1)28-10-2-4-12-32(28)36-34-20-24(26-8-6-18-38-22-26)14-16-30(34)29-15-13-23(19-33(29)35(31)36)25-7-5-17-37-21-25/h1-22H. The molecule has 0 aliphatic rings. The summed E-state index contributed by atoms with van der Waals surface area (Å²) in [6.45, 7) is 0. The van der Waals surface area contributed by atoms with Gasteiger partial charge in [0.05, 0.1) is 0 Å². The van der Waals surface area contributed by atoms with Gasteiger partial charge in [0.15, 0.2) is 0 Å². The van der Waals surface area contributed by atoms with Gasteiger partial charge in [0.25, 0.3) is 0 Å². The van der Waals surface area contributed by atoms with Crippen molar-refractivity contribution in [2.45, 2.75) is 0 Å². The third-order valence-corrected chi connectivity index (χ3v) is 7.79. The molecule has 0 aliphatic heterocycles. The van der Waals surface area contributed by atoms with Gasteiger partial charge in [0.2, 0.25) is 0 Å². The fourth-order valence-electron chi connectivity index (χ4n) is 6.10. The van der Waals surface area contributed by atoms with Crippen molar-refractivity contribution >= 4 is 53.9 Å². The lowest BCUT2D eigenvalue weighted by molar-refractivity contribution is 1.33. The molecular formula is C36H22N2. The molecule has 8 aromatic rings. The molecule has 0 atom stereocenters. The Morgan fingerprint density at radius 3 is 1.16 bits per heavy atom. The van der Waals surface area contributed by atoms with Crippen LogP contribution in [0.2, 0.25) is 0 Å². The quantitative estimate of drug-likeness (QED) is 0.229. The molecule has 0 saturated heterocycles. The van der Waals surface area contributed by atoms with Crippen LogP contribution in [0.3, 0.4) is 0 Å². The van der Waals surface area contributed by atoms with Gasteiger partial charge in [-0.25, -0.2) is 0 Å². The molecule has 2 nitrogen and oxygen atoms in total. The molecule has 8 rings (SSSR count). The first-order chi connectivity index (χ1) is 18.9. The Bertz CT molecular complexity index is 2010. The summed E-state index contributed by atoms with van der Waals surface area (Å²) >= 11 is 0. The molecule has 0 fully saturated rings. The third kappa shape index (κ3) is 3.07. The van der Waals surface area contributed by atoms with E-state index in [0.717, 1.165) is 11.1 Å². The molecule has 38 heavy (non-hydrogen) atoms. The average molecular weight is 483 g/mol. The summed E-state index contributed by atoms with van der Waals surface area (Å²) in [5.74, 6) is 0. The molecule has 0 amide bonds. The zero-order valence-electron chi connectivity index (χ0n) is 20.6. The smallest absolute Gasteiger partial charge is 0.0346 e. The second-order valence-electron chi connectivity index (χ2n) is 9.85. The average Bonchev–Trinajstić information content (AvgIpc) is 3.01. The van der Waals surface area contributed by atoms with Crippen molar-refractivity contribution in [3.63, 3.8) is 0 Å². The zero-order chi connectivity index (χ0) is 25.1. The summed E-state index contributed by atoms with van der Waals surface area (Å²) in [5, 5.41) is 12.8. The van der Waals surface area contributed by atoms with Gasteiger partial charge in [-0.2, -0.15) is 0 Å². The lowest BCUT2D eigenvalue weighted by Gasteiger charge is -2.18. The number of aromatic nitrogens is 2. The minimum Gasteiger partial charge on any atom is -0.264 e. The van der Waals surface area contributed by atoms with Crippen molar-refractivity contribution in [1.29, 1.82) is 0 Å². The predicted molar refractivity (Wildman–Crippen MR) is 160 cm³/mol. The van der Waals surface area contributed by atoms with E-state index in [4.69, 9.17) is 0 Å². The van der Waals surface area contributed by atoms with Crippen molar-refractivity contribution < 1.29 is 0 Å². The first-order valence-electron chi connectivity index (χ1n) is 12.9. The van der Waals surface area contributed by atoms with Gasteiger partial charge in [-0.1, -0.05) is 84.9 Å². The van der Waals surface area contributed by atoms with Crippen LogP contribution in [0.15, 0.2) is 134 Å². The molecule has 2 heteroatoms. The van der Waals surface area contributed by atoms with E-state index < -0.39 is 0 Å². The molecule has 2 aromatic heterocycles. The van der Waals surface area contributed by atoms with Crippen molar-refractivity contribution in [2.75, 3.05) is 0 Å². The molecule has 0 bridgehead atoms. The highest BCUT2D eigenvalue weighted by Gasteiger charge is 2.17. The van der Waals surface area contributed by atoms with Crippen LogP contribution in [0.25, 0.3) is 76.1 Å². The normalized spacial score (nSPS) is 11.7. The maximum atomic E-state index is 4.38. The first-order valence-corrected chi connectivity index (χ1v) is 12.9. The Morgan fingerprint density at radius 2 is 0.737 bits per heavy atom. The highest BCUT2D eigenvalue weighted by Crippen LogP contribution is 2.45. The van der Waals surface area contributed by atoms with Gasteiger partial charge in [-0.3, -0.25) is 9.97 Å². The molecule has 0 saturated carbocycles. The monoisotopic (exact) mass is 482 g/mol. The summed E-state index contributed by atoms with van der Waals surface area (Å²) in [7, 11) is 0. The fraction of sp³-hybridized carbons (Fsp3) is 0. The third-order valence-electron chi connectivity index (χ3n) is 7.79. The number of hydrogen-bond donors (Lipinski definition) is 0. The second-order valence-corrected chi connectivity index (χ2v) is 9.85. The first kappa shape index (κ1) is 21.0. The van der Waals surface area contributed by atoms with E-state index in [1.54, 1.807) is 0 Å². The number of pyridine rings is 2. The summed E-state index contributed by atoms with van der Waals surface area (Å²) in [5.41, 5.74) is 4.60. The van der Waals surface area contributed by atoms with E-state index in [1.165, 1.54) is 65.0 Å². The Balaban J connectivity index is 1.64. The molecule has 0 unspecified atom stereocenters. The number of nitrogens with zero attached hydrogens (tertiary/aromatic N) is 2. The lowest BCUT2D eigenvalue weighted by Crippen LogP contribution is -1.90. The van der Waals surface area contributed by atoms with E-state index >= 15 is 0 Å². The van der Waals surface area contributed by atoms with Crippen LogP contribution >= 0.6 is 0 Å². The van der Waals surface area contributed by atoms with E-state index in [2.05, 4.69) is 107 Å². The van der Waals surface area contributed by atoms with Gasteiger partial charge in [-0.15, -0.1) is 0 Å². The van der Waals surface area contributed by atoms with Crippen LogP contribution in [0, 0.1) is 0 Å². The van der Waals surface area contributed by atoms with E-state index in [-0.39, 0.29) is 0 Å². The largest absolute Gasteiger partial charge is 0.264 e. The maximum absolute atomic E-state index is 4.38. The summed E-state index contributed by atoms with van der Waals surface area (Å²) < 4.78 is 0. The van der Waals surface area contributed by atoms with Crippen LogP contribution in [-0.4, -0.2) is 9.97 Å². The molecule has 0 radical (unpaired) electrons. The molecular weight excluding hydrogens is 460 g/mol. The van der Waals surface area contributed by atoms with Gasteiger partial charge in [0, 0.05) is 35.9 Å². The summed E-state index contributed by atoms with van der Waals surface area (Å²) in [4.78, 5) is 8.76. The van der Waals surface area contributed by atoms with Crippen LogP contribution in [-0.2, 0) is 0 Å². The molecule has 0 N–H and O–H groups in total. The SMILES string of the molecule is c1cncc(-c2ccc3c4ccc(-c5cccnc5)cc4c4c5ccccc5c5ccccc5c4c3c2)c1. The maximum Gasteiger partial charge on any atom is 0.0346 e. The highest BCUT2D eigenvalue weighted by molar-refractivity contribution is 6.39. The Labute approximate surface area is 219 Å². The van der Waals surface area contributed by atoms with Crippen LogP contribution in [0.5, 0.6) is 0 Å². The van der Waals surface area contributed by atoms with E-state index in [0.29, 0.717) is 0 Å². The van der Waals surface area contributed by atoms with Crippen molar-refractivity contribution in [2.24, 2.45) is 0 Å². The molecule has 0 aliphatic carbocycles.